The van der Waals surface area contributed by atoms with E-state index in [1.165, 1.54) is 0 Å². The van der Waals surface area contributed by atoms with Gasteiger partial charge in [0.2, 0.25) is 0 Å². The zero-order valence-corrected chi connectivity index (χ0v) is 11.0. The van der Waals surface area contributed by atoms with E-state index in [9.17, 15) is 4.79 Å². The van der Waals surface area contributed by atoms with Crippen molar-refractivity contribution < 1.29 is 9.53 Å². The van der Waals surface area contributed by atoms with Crippen molar-refractivity contribution >= 4 is 6.03 Å². The van der Waals surface area contributed by atoms with Crippen LogP contribution in [0.5, 0.6) is 5.75 Å². The fourth-order valence-corrected chi connectivity index (χ4v) is 1.81. The Hall–Kier alpha value is -1.71. The third-order valence-corrected chi connectivity index (χ3v) is 2.96. The fraction of sp³-hybridized carbons (Fsp3) is 0.500. The van der Waals surface area contributed by atoms with Crippen molar-refractivity contribution in [3.63, 3.8) is 0 Å². The van der Waals surface area contributed by atoms with Gasteiger partial charge in [0, 0.05) is 6.04 Å². The monoisotopic (exact) mass is 248 g/mol. The smallest absolute Gasteiger partial charge is 0.315 e. The van der Waals surface area contributed by atoms with Crippen LogP contribution < -0.4 is 15.4 Å². The lowest BCUT2D eigenvalue weighted by atomic mass is 10.1. The number of amides is 2. The quantitative estimate of drug-likeness (QED) is 0.784. The highest BCUT2D eigenvalue weighted by Crippen LogP contribution is 2.22. The molecule has 1 aromatic carbocycles. The number of ether oxygens (including phenoxy) is 1. The van der Waals surface area contributed by atoms with Gasteiger partial charge in [-0.3, -0.25) is 0 Å². The molecular weight excluding hydrogens is 228 g/mol. The summed E-state index contributed by atoms with van der Waals surface area (Å²) in [6.07, 6.45) is 2.21. The van der Waals surface area contributed by atoms with Gasteiger partial charge in [-0.1, -0.05) is 18.2 Å². The third kappa shape index (κ3) is 3.65. The molecule has 2 N–H and O–H groups in total. The summed E-state index contributed by atoms with van der Waals surface area (Å²) in [5, 5.41) is 5.66. The summed E-state index contributed by atoms with van der Waals surface area (Å²) in [5.74, 6) is 0.918. The normalized spacial score (nSPS) is 14.1. The third-order valence-electron chi connectivity index (χ3n) is 2.96. The van der Waals surface area contributed by atoms with Crippen LogP contribution in [0.25, 0.3) is 0 Å². The minimum atomic E-state index is -0.0948. The molecule has 0 unspecified atom stereocenters. The lowest BCUT2D eigenvalue weighted by Gasteiger charge is -2.12. The first kappa shape index (κ1) is 12.7. The first-order chi connectivity index (χ1) is 8.66. The number of hydrogen-bond acceptors (Lipinski definition) is 2. The van der Waals surface area contributed by atoms with Crippen LogP contribution in [0.15, 0.2) is 18.2 Å². The Labute approximate surface area is 108 Å². The summed E-state index contributed by atoms with van der Waals surface area (Å²) in [6, 6.07) is 6.36. The lowest BCUT2D eigenvalue weighted by molar-refractivity contribution is 0.236. The molecule has 1 aromatic rings. The van der Waals surface area contributed by atoms with Gasteiger partial charge >= 0.3 is 6.03 Å². The molecule has 0 radical (unpaired) electrons. The topological polar surface area (TPSA) is 50.4 Å². The first-order valence-corrected chi connectivity index (χ1v) is 6.40. The van der Waals surface area contributed by atoms with Gasteiger partial charge in [-0.2, -0.15) is 0 Å². The highest BCUT2D eigenvalue weighted by atomic mass is 16.5. The Morgan fingerprint density at radius 1 is 1.33 bits per heavy atom. The highest BCUT2D eigenvalue weighted by molar-refractivity contribution is 5.74. The van der Waals surface area contributed by atoms with Crippen molar-refractivity contribution in [3.8, 4) is 5.75 Å². The summed E-state index contributed by atoms with van der Waals surface area (Å²) in [4.78, 5) is 11.4. The molecule has 0 saturated heterocycles. The van der Waals surface area contributed by atoms with Crippen molar-refractivity contribution in [2.75, 3.05) is 13.2 Å². The highest BCUT2D eigenvalue weighted by Gasteiger charge is 2.22. The van der Waals surface area contributed by atoms with Gasteiger partial charge in [0.05, 0.1) is 6.54 Å². The maximum Gasteiger partial charge on any atom is 0.315 e. The van der Waals surface area contributed by atoms with Crippen LogP contribution in [0.3, 0.4) is 0 Å². The van der Waals surface area contributed by atoms with E-state index in [-0.39, 0.29) is 6.03 Å². The number of urea groups is 1. The van der Waals surface area contributed by atoms with Crippen molar-refractivity contribution in [2.24, 2.45) is 0 Å². The number of aryl methyl sites for hydroxylation is 2. The lowest BCUT2D eigenvalue weighted by Crippen LogP contribution is -2.38. The van der Waals surface area contributed by atoms with Gasteiger partial charge in [0.15, 0.2) is 0 Å². The molecule has 4 heteroatoms. The molecule has 98 valence electrons. The average molecular weight is 248 g/mol. The predicted octanol–water partition coefficient (Wildman–Crippen LogP) is 2.14. The van der Waals surface area contributed by atoms with Crippen LogP contribution in [0.2, 0.25) is 0 Å². The van der Waals surface area contributed by atoms with Crippen LogP contribution in [-0.2, 0) is 0 Å². The van der Waals surface area contributed by atoms with Crippen LogP contribution in [0, 0.1) is 13.8 Å². The molecule has 2 rings (SSSR count). The molecule has 2 amide bonds. The Kier molecular flexibility index (Phi) is 4.07. The molecule has 1 saturated carbocycles. The molecular formula is C14H20N2O2. The average Bonchev–Trinajstić information content (AvgIpc) is 3.11. The molecule has 0 aromatic heterocycles. The van der Waals surface area contributed by atoms with Gasteiger partial charge in [-0.05, 0) is 37.8 Å². The van der Waals surface area contributed by atoms with Gasteiger partial charge in [-0.15, -0.1) is 0 Å². The Morgan fingerprint density at radius 3 is 2.61 bits per heavy atom. The number of benzene rings is 1. The maximum atomic E-state index is 11.4. The molecule has 0 bridgehead atoms. The summed E-state index contributed by atoms with van der Waals surface area (Å²) >= 11 is 0. The molecule has 0 aliphatic heterocycles. The second-order valence-corrected chi connectivity index (χ2v) is 4.74. The van der Waals surface area contributed by atoms with E-state index in [2.05, 4.69) is 10.6 Å². The Morgan fingerprint density at radius 2 is 2.00 bits per heavy atom. The molecule has 0 heterocycles. The predicted molar refractivity (Wildman–Crippen MR) is 71.0 cm³/mol. The van der Waals surface area contributed by atoms with Gasteiger partial charge in [0.25, 0.3) is 0 Å². The zero-order valence-electron chi connectivity index (χ0n) is 11.0. The summed E-state index contributed by atoms with van der Waals surface area (Å²) in [7, 11) is 0. The number of nitrogens with one attached hydrogen (secondary N) is 2. The standard InChI is InChI=1S/C14H20N2O2/c1-10-4-3-5-11(2)13(10)18-9-8-15-14(17)16-12-6-7-12/h3-5,12H,6-9H2,1-2H3,(H2,15,16,17). The van der Waals surface area contributed by atoms with Crippen LogP contribution in [0.4, 0.5) is 4.79 Å². The van der Waals surface area contributed by atoms with Crippen molar-refractivity contribution in [1.82, 2.24) is 10.6 Å². The Bertz CT molecular complexity index is 408. The SMILES string of the molecule is Cc1cccc(C)c1OCCNC(=O)NC1CC1. The number of carbonyl (C=O) groups excluding carboxylic acids is 1. The largest absolute Gasteiger partial charge is 0.491 e. The Balaban J connectivity index is 1.69. The summed E-state index contributed by atoms with van der Waals surface area (Å²) in [6.45, 7) is 5.06. The zero-order chi connectivity index (χ0) is 13.0. The van der Waals surface area contributed by atoms with Gasteiger partial charge < -0.3 is 15.4 Å². The minimum Gasteiger partial charge on any atom is -0.491 e. The number of rotatable bonds is 5. The molecule has 1 fully saturated rings. The minimum absolute atomic E-state index is 0.0948. The molecule has 1 aliphatic carbocycles. The second-order valence-electron chi connectivity index (χ2n) is 4.74. The van der Waals surface area contributed by atoms with Crippen LogP contribution >= 0.6 is 0 Å². The summed E-state index contributed by atoms with van der Waals surface area (Å²) in [5.41, 5.74) is 2.25. The van der Waals surface area contributed by atoms with Crippen LogP contribution in [0.1, 0.15) is 24.0 Å². The van der Waals surface area contributed by atoms with Crippen molar-refractivity contribution in [2.45, 2.75) is 32.7 Å². The number of para-hydroxylation sites is 1. The molecule has 4 nitrogen and oxygen atoms in total. The van der Waals surface area contributed by atoms with Gasteiger partial charge in [-0.25, -0.2) is 4.79 Å². The maximum absolute atomic E-state index is 11.4. The molecule has 0 spiro atoms. The van der Waals surface area contributed by atoms with E-state index in [4.69, 9.17) is 4.74 Å². The van der Waals surface area contributed by atoms with E-state index >= 15 is 0 Å². The number of carbonyl (C=O) groups is 1. The molecule has 1 aliphatic rings. The van der Waals surface area contributed by atoms with Crippen molar-refractivity contribution in [3.05, 3.63) is 29.3 Å². The van der Waals surface area contributed by atoms with E-state index in [1.807, 2.05) is 32.0 Å². The fourth-order valence-electron chi connectivity index (χ4n) is 1.81. The van der Waals surface area contributed by atoms with E-state index in [0.717, 1.165) is 29.7 Å². The van der Waals surface area contributed by atoms with Crippen LogP contribution in [-0.4, -0.2) is 25.2 Å². The number of hydrogen-bond donors (Lipinski definition) is 2. The van der Waals surface area contributed by atoms with Crippen molar-refractivity contribution in [1.29, 1.82) is 0 Å². The van der Waals surface area contributed by atoms with Gasteiger partial charge in [0.1, 0.15) is 12.4 Å². The first-order valence-electron chi connectivity index (χ1n) is 6.40. The molecule has 0 atom stereocenters. The second kappa shape index (κ2) is 5.76. The van der Waals surface area contributed by atoms with E-state index in [0.29, 0.717) is 19.2 Å². The molecule has 18 heavy (non-hydrogen) atoms. The van der Waals surface area contributed by atoms with E-state index in [1.54, 1.807) is 0 Å². The summed E-state index contributed by atoms with van der Waals surface area (Å²) < 4.78 is 5.70. The van der Waals surface area contributed by atoms with E-state index < -0.39 is 0 Å².